The molecule has 0 amide bonds. The molecular formula is C12H16N2O2. The number of rotatable bonds is 3. The van der Waals surface area contributed by atoms with E-state index in [1.54, 1.807) is 14.2 Å². The highest BCUT2D eigenvalue weighted by atomic mass is 16.5. The maximum absolute atomic E-state index is 7.87. The first-order chi connectivity index (χ1) is 7.76. The molecule has 2 rings (SSSR count). The summed E-state index contributed by atoms with van der Waals surface area (Å²) in [4.78, 5) is 1.97. The third kappa shape index (κ3) is 1.83. The van der Waals surface area contributed by atoms with Crippen LogP contribution in [0.5, 0.6) is 11.5 Å². The Hall–Kier alpha value is -1.71. The molecule has 1 aliphatic rings. The van der Waals surface area contributed by atoms with Crippen molar-refractivity contribution >= 4 is 11.5 Å². The maximum Gasteiger partial charge on any atom is 0.142 e. The third-order valence-electron chi connectivity index (χ3n) is 2.80. The van der Waals surface area contributed by atoms with Gasteiger partial charge in [-0.25, -0.2) is 0 Å². The fourth-order valence-corrected chi connectivity index (χ4v) is 1.95. The Bertz CT molecular complexity index is 404. The second-order valence-electron chi connectivity index (χ2n) is 3.74. The van der Waals surface area contributed by atoms with Crippen LogP contribution in [0.4, 0.5) is 5.69 Å². The van der Waals surface area contributed by atoms with E-state index in [-0.39, 0.29) is 0 Å². The van der Waals surface area contributed by atoms with Crippen LogP contribution in [0, 0.1) is 5.41 Å². The molecule has 0 aromatic heterocycles. The van der Waals surface area contributed by atoms with Crippen LogP contribution < -0.4 is 14.4 Å². The van der Waals surface area contributed by atoms with E-state index in [1.165, 1.54) is 0 Å². The van der Waals surface area contributed by atoms with Gasteiger partial charge in [-0.2, -0.15) is 0 Å². The van der Waals surface area contributed by atoms with Crippen molar-refractivity contribution in [2.75, 3.05) is 25.7 Å². The van der Waals surface area contributed by atoms with Gasteiger partial charge in [-0.15, -0.1) is 0 Å². The van der Waals surface area contributed by atoms with Gasteiger partial charge in [0.1, 0.15) is 17.3 Å². The Morgan fingerprint density at radius 1 is 1.25 bits per heavy atom. The zero-order chi connectivity index (χ0) is 11.5. The van der Waals surface area contributed by atoms with E-state index in [2.05, 4.69) is 0 Å². The first-order valence-corrected chi connectivity index (χ1v) is 5.33. The van der Waals surface area contributed by atoms with Gasteiger partial charge in [0.05, 0.1) is 19.9 Å². The van der Waals surface area contributed by atoms with Crippen LogP contribution in [0.25, 0.3) is 0 Å². The topological polar surface area (TPSA) is 45.6 Å². The summed E-state index contributed by atoms with van der Waals surface area (Å²) in [5.74, 6) is 2.22. The van der Waals surface area contributed by atoms with Gasteiger partial charge in [0, 0.05) is 19.0 Å². The predicted octanol–water partition coefficient (Wildman–Crippen LogP) is 2.28. The van der Waals surface area contributed by atoms with E-state index in [9.17, 15) is 0 Å². The lowest BCUT2D eigenvalue weighted by atomic mass is 10.2. The number of amidine groups is 1. The summed E-state index contributed by atoms with van der Waals surface area (Å²) < 4.78 is 10.5. The molecule has 0 unspecified atom stereocenters. The Balaban J connectivity index is 2.39. The number of nitrogens with one attached hydrogen (secondary N) is 1. The lowest BCUT2D eigenvalue weighted by molar-refractivity contribution is 0.404. The summed E-state index contributed by atoms with van der Waals surface area (Å²) in [5, 5.41) is 7.87. The fourth-order valence-electron chi connectivity index (χ4n) is 1.95. The standard InChI is InChI=1S/C12H16N2O2/c1-15-9-5-6-11(16-2)10(8-9)14-7-3-4-12(14)13/h5-6,8,13H,3-4,7H2,1-2H3. The molecular weight excluding hydrogens is 204 g/mol. The van der Waals surface area contributed by atoms with Crippen LogP contribution in [-0.2, 0) is 0 Å². The number of hydrogen-bond acceptors (Lipinski definition) is 3. The quantitative estimate of drug-likeness (QED) is 0.850. The van der Waals surface area contributed by atoms with E-state index < -0.39 is 0 Å². The fraction of sp³-hybridized carbons (Fsp3) is 0.417. The number of nitrogens with zero attached hydrogens (tertiary/aromatic N) is 1. The van der Waals surface area contributed by atoms with Crippen LogP contribution in [0.15, 0.2) is 18.2 Å². The average molecular weight is 220 g/mol. The van der Waals surface area contributed by atoms with Crippen LogP contribution in [0.2, 0.25) is 0 Å². The number of methoxy groups -OCH3 is 2. The molecule has 4 nitrogen and oxygen atoms in total. The van der Waals surface area contributed by atoms with Crippen molar-refractivity contribution in [3.05, 3.63) is 18.2 Å². The zero-order valence-corrected chi connectivity index (χ0v) is 9.62. The normalized spacial score (nSPS) is 15.4. The van der Waals surface area contributed by atoms with E-state index in [0.717, 1.165) is 36.6 Å². The summed E-state index contributed by atoms with van der Waals surface area (Å²) in [6.07, 6.45) is 1.86. The van der Waals surface area contributed by atoms with E-state index in [0.29, 0.717) is 5.84 Å². The molecule has 1 saturated heterocycles. The highest BCUT2D eigenvalue weighted by Crippen LogP contribution is 2.34. The zero-order valence-electron chi connectivity index (χ0n) is 9.62. The van der Waals surface area contributed by atoms with Crippen LogP contribution in [0.1, 0.15) is 12.8 Å². The van der Waals surface area contributed by atoms with E-state index >= 15 is 0 Å². The maximum atomic E-state index is 7.87. The summed E-state index contributed by atoms with van der Waals surface area (Å²) in [7, 11) is 3.28. The van der Waals surface area contributed by atoms with Crippen LogP contribution in [-0.4, -0.2) is 26.6 Å². The van der Waals surface area contributed by atoms with Crippen molar-refractivity contribution in [2.24, 2.45) is 0 Å². The van der Waals surface area contributed by atoms with Gasteiger partial charge in [-0.3, -0.25) is 5.41 Å². The second kappa shape index (κ2) is 4.43. The molecule has 1 N–H and O–H groups in total. The summed E-state index contributed by atoms with van der Waals surface area (Å²) >= 11 is 0. The minimum Gasteiger partial charge on any atom is -0.497 e. The van der Waals surface area contributed by atoms with Crippen molar-refractivity contribution in [2.45, 2.75) is 12.8 Å². The van der Waals surface area contributed by atoms with Crippen LogP contribution in [0.3, 0.4) is 0 Å². The molecule has 1 aliphatic heterocycles. The SMILES string of the molecule is COc1ccc(OC)c(N2CCCC2=N)c1. The summed E-state index contributed by atoms with van der Waals surface area (Å²) in [5.41, 5.74) is 0.921. The molecule has 1 aromatic carbocycles. The molecule has 0 spiro atoms. The lowest BCUT2D eigenvalue weighted by Crippen LogP contribution is -2.23. The molecule has 0 radical (unpaired) electrons. The summed E-state index contributed by atoms with van der Waals surface area (Å²) in [6.45, 7) is 0.877. The van der Waals surface area contributed by atoms with Crippen molar-refractivity contribution in [3.63, 3.8) is 0 Å². The molecule has 0 saturated carbocycles. The molecule has 1 aromatic rings. The van der Waals surface area contributed by atoms with Gasteiger partial charge >= 0.3 is 0 Å². The third-order valence-corrected chi connectivity index (χ3v) is 2.80. The highest BCUT2D eigenvalue weighted by molar-refractivity contribution is 5.98. The number of anilines is 1. The Kier molecular flexibility index (Phi) is 2.99. The molecule has 86 valence electrons. The smallest absolute Gasteiger partial charge is 0.142 e. The van der Waals surface area contributed by atoms with Crippen molar-refractivity contribution in [3.8, 4) is 11.5 Å². The van der Waals surface area contributed by atoms with Gasteiger partial charge in [0.25, 0.3) is 0 Å². The predicted molar refractivity (Wildman–Crippen MR) is 63.9 cm³/mol. The molecule has 0 aliphatic carbocycles. The number of ether oxygens (including phenoxy) is 2. The molecule has 4 heteroatoms. The van der Waals surface area contributed by atoms with Crippen molar-refractivity contribution < 1.29 is 9.47 Å². The van der Waals surface area contributed by atoms with Gasteiger partial charge in [0.2, 0.25) is 0 Å². The molecule has 0 bridgehead atoms. The van der Waals surface area contributed by atoms with E-state index in [4.69, 9.17) is 14.9 Å². The molecule has 1 fully saturated rings. The Labute approximate surface area is 95.3 Å². The molecule has 16 heavy (non-hydrogen) atoms. The average Bonchev–Trinajstić information content (AvgIpc) is 2.74. The molecule has 0 atom stereocenters. The lowest BCUT2D eigenvalue weighted by Gasteiger charge is -2.21. The first kappa shape index (κ1) is 10.8. The Morgan fingerprint density at radius 2 is 2.06 bits per heavy atom. The van der Waals surface area contributed by atoms with Crippen molar-refractivity contribution in [1.82, 2.24) is 0 Å². The van der Waals surface area contributed by atoms with Gasteiger partial charge in [-0.1, -0.05) is 0 Å². The first-order valence-electron chi connectivity index (χ1n) is 5.33. The van der Waals surface area contributed by atoms with E-state index in [1.807, 2.05) is 23.1 Å². The van der Waals surface area contributed by atoms with Gasteiger partial charge in [-0.05, 0) is 18.6 Å². The number of hydrogen-bond donors (Lipinski definition) is 1. The second-order valence-corrected chi connectivity index (χ2v) is 3.74. The largest absolute Gasteiger partial charge is 0.497 e. The van der Waals surface area contributed by atoms with Crippen molar-refractivity contribution in [1.29, 1.82) is 5.41 Å². The monoisotopic (exact) mass is 220 g/mol. The summed E-state index contributed by atoms with van der Waals surface area (Å²) in [6, 6.07) is 5.65. The molecule has 1 heterocycles. The highest BCUT2D eigenvalue weighted by Gasteiger charge is 2.21. The number of benzene rings is 1. The van der Waals surface area contributed by atoms with Gasteiger partial charge < -0.3 is 14.4 Å². The minimum atomic E-state index is 0.645. The van der Waals surface area contributed by atoms with Gasteiger partial charge in [0.15, 0.2) is 0 Å². The minimum absolute atomic E-state index is 0.645. The Morgan fingerprint density at radius 3 is 2.62 bits per heavy atom. The van der Waals surface area contributed by atoms with Crippen LogP contribution >= 0.6 is 0 Å².